The van der Waals surface area contributed by atoms with Crippen LogP contribution in [0.1, 0.15) is 24.2 Å². The van der Waals surface area contributed by atoms with Gasteiger partial charge in [0.05, 0.1) is 5.56 Å². The molecule has 0 saturated heterocycles. The Bertz CT molecular complexity index is 384. The molecule has 0 aliphatic carbocycles. The van der Waals surface area contributed by atoms with Crippen LogP contribution in [0.15, 0.2) is 18.3 Å². The van der Waals surface area contributed by atoms with Crippen LogP contribution in [0.5, 0.6) is 0 Å². The van der Waals surface area contributed by atoms with E-state index in [2.05, 4.69) is 29.0 Å². The van der Waals surface area contributed by atoms with Crippen LogP contribution >= 0.6 is 0 Å². The first-order valence-electron chi connectivity index (χ1n) is 5.50. The highest BCUT2D eigenvalue weighted by atomic mass is 16.1. The fourth-order valence-electron chi connectivity index (χ4n) is 1.11. The summed E-state index contributed by atoms with van der Waals surface area (Å²) < 4.78 is 0. The van der Waals surface area contributed by atoms with Crippen molar-refractivity contribution in [3.8, 4) is 0 Å². The molecule has 1 heterocycles. The van der Waals surface area contributed by atoms with E-state index in [-0.39, 0.29) is 5.54 Å². The Balaban J connectivity index is 2.62. The number of likely N-dealkylation sites (N-methyl/N-ethyl adjacent to an activating group) is 1. The molecule has 1 aromatic heterocycles. The normalized spacial score (nSPS) is 11.6. The highest BCUT2D eigenvalue weighted by molar-refractivity contribution is 5.92. The van der Waals surface area contributed by atoms with Gasteiger partial charge in [0, 0.05) is 18.3 Å². The number of pyridine rings is 1. The zero-order valence-electron chi connectivity index (χ0n) is 10.8. The lowest BCUT2D eigenvalue weighted by Gasteiger charge is -2.32. The molecule has 0 aromatic carbocycles. The van der Waals surface area contributed by atoms with Gasteiger partial charge in [-0.25, -0.2) is 4.98 Å². The second-order valence-corrected chi connectivity index (χ2v) is 4.86. The van der Waals surface area contributed by atoms with E-state index in [0.717, 1.165) is 12.4 Å². The van der Waals surface area contributed by atoms with Gasteiger partial charge in [0.25, 0.3) is 0 Å². The van der Waals surface area contributed by atoms with Crippen LogP contribution in [0.2, 0.25) is 0 Å². The number of carbonyl (C=O) groups excluding carboxylic acids is 1. The average molecular weight is 236 g/mol. The van der Waals surface area contributed by atoms with Crippen molar-refractivity contribution >= 4 is 11.7 Å². The second-order valence-electron chi connectivity index (χ2n) is 4.86. The van der Waals surface area contributed by atoms with Crippen LogP contribution in [0.4, 0.5) is 5.82 Å². The Morgan fingerprint density at radius 1 is 1.47 bits per heavy atom. The number of aromatic nitrogens is 1. The number of carbonyl (C=O) groups is 1. The molecule has 0 aliphatic rings. The Morgan fingerprint density at radius 2 is 2.12 bits per heavy atom. The molecule has 0 spiro atoms. The summed E-state index contributed by atoms with van der Waals surface area (Å²) in [6, 6.07) is 3.42. The number of nitrogens with two attached hydrogens (primary N) is 1. The Morgan fingerprint density at radius 3 is 2.53 bits per heavy atom. The molecule has 0 bridgehead atoms. The molecule has 3 N–H and O–H groups in total. The van der Waals surface area contributed by atoms with Gasteiger partial charge in [-0.15, -0.1) is 0 Å². The van der Waals surface area contributed by atoms with Crippen molar-refractivity contribution in [3.63, 3.8) is 0 Å². The minimum absolute atomic E-state index is 0.0318. The smallest absolute Gasteiger partial charge is 0.250 e. The maximum atomic E-state index is 10.9. The number of hydrogen-bond donors (Lipinski definition) is 2. The SMILES string of the molecule is CN(C)C(C)(C)CNc1ccc(C(N)=O)cn1. The number of amides is 1. The molecule has 0 atom stereocenters. The van der Waals surface area contributed by atoms with Gasteiger partial charge >= 0.3 is 0 Å². The predicted molar refractivity (Wildman–Crippen MR) is 69.0 cm³/mol. The summed E-state index contributed by atoms with van der Waals surface area (Å²) in [6.45, 7) is 5.04. The van der Waals surface area contributed by atoms with Crippen molar-refractivity contribution < 1.29 is 4.79 Å². The lowest BCUT2D eigenvalue weighted by atomic mass is 10.0. The molecule has 0 aliphatic heterocycles. The minimum atomic E-state index is -0.460. The Labute approximate surface area is 102 Å². The van der Waals surface area contributed by atoms with Crippen LogP contribution in [0, 0.1) is 0 Å². The van der Waals surface area contributed by atoms with Crippen LogP contribution < -0.4 is 11.1 Å². The van der Waals surface area contributed by atoms with Gasteiger partial charge in [-0.2, -0.15) is 0 Å². The zero-order chi connectivity index (χ0) is 13.1. The first-order valence-corrected chi connectivity index (χ1v) is 5.50. The summed E-state index contributed by atoms with van der Waals surface area (Å²) >= 11 is 0. The van der Waals surface area contributed by atoms with E-state index in [1.165, 1.54) is 6.20 Å². The molecule has 0 radical (unpaired) electrons. The lowest BCUT2D eigenvalue weighted by Crippen LogP contribution is -2.44. The molecule has 17 heavy (non-hydrogen) atoms. The van der Waals surface area contributed by atoms with E-state index in [9.17, 15) is 4.79 Å². The van der Waals surface area contributed by atoms with Crippen LogP contribution in [0.25, 0.3) is 0 Å². The average Bonchev–Trinajstić information content (AvgIpc) is 2.27. The van der Waals surface area contributed by atoms with Gasteiger partial charge in [0.1, 0.15) is 5.82 Å². The number of rotatable bonds is 5. The van der Waals surface area contributed by atoms with E-state index in [0.29, 0.717) is 5.56 Å². The van der Waals surface area contributed by atoms with E-state index in [4.69, 9.17) is 5.73 Å². The molecule has 94 valence electrons. The fourth-order valence-corrected chi connectivity index (χ4v) is 1.11. The van der Waals surface area contributed by atoms with Crippen molar-refractivity contribution in [2.75, 3.05) is 26.0 Å². The maximum absolute atomic E-state index is 10.9. The van der Waals surface area contributed by atoms with E-state index >= 15 is 0 Å². The molecule has 5 heteroatoms. The molecular weight excluding hydrogens is 216 g/mol. The van der Waals surface area contributed by atoms with Gasteiger partial charge in [0.2, 0.25) is 5.91 Å². The van der Waals surface area contributed by atoms with Gasteiger partial charge in [-0.1, -0.05) is 0 Å². The number of nitrogens with zero attached hydrogens (tertiary/aromatic N) is 2. The summed E-state index contributed by atoms with van der Waals surface area (Å²) in [5.41, 5.74) is 5.59. The summed E-state index contributed by atoms with van der Waals surface area (Å²) in [4.78, 5) is 17.1. The molecule has 0 unspecified atom stereocenters. The first kappa shape index (κ1) is 13.4. The molecule has 1 rings (SSSR count). The third kappa shape index (κ3) is 3.71. The predicted octanol–water partition coefficient (Wildman–Crippen LogP) is 0.933. The molecule has 0 saturated carbocycles. The monoisotopic (exact) mass is 236 g/mol. The molecule has 5 nitrogen and oxygen atoms in total. The van der Waals surface area contributed by atoms with Crippen molar-refractivity contribution in [2.45, 2.75) is 19.4 Å². The summed E-state index contributed by atoms with van der Waals surface area (Å²) in [5.74, 6) is 0.280. The maximum Gasteiger partial charge on any atom is 0.250 e. The Hall–Kier alpha value is -1.62. The molecule has 1 amide bonds. The highest BCUT2D eigenvalue weighted by Crippen LogP contribution is 2.12. The summed E-state index contributed by atoms with van der Waals surface area (Å²) in [5, 5.41) is 3.23. The van der Waals surface area contributed by atoms with Crippen molar-refractivity contribution in [1.82, 2.24) is 9.88 Å². The third-order valence-corrected chi connectivity index (χ3v) is 2.96. The first-order chi connectivity index (χ1) is 7.83. The lowest BCUT2D eigenvalue weighted by molar-refractivity contribution is 0.1000. The summed E-state index contributed by atoms with van der Waals surface area (Å²) in [7, 11) is 4.07. The van der Waals surface area contributed by atoms with Crippen molar-refractivity contribution in [2.24, 2.45) is 5.73 Å². The van der Waals surface area contributed by atoms with E-state index < -0.39 is 5.91 Å². The molecule has 1 aromatic rings. The third-order valence-electron chi connectivity index (χ3n) is 2.96. The molecule has 0 fully saturated rings. The van der Waals surface area contributed by atoms with Crippen LogP contribution in [-0.4, -0.2) is 42.0 Å². The minimum Gasteiger partial charge on any atom is -0.368 e. The van der Waals surface area contributed by atoms with Crippen molar-refractivity contribution in [3.05, 3.63) is 23.9 Å². The standard InChI is InChI=1S/C12H20N4O/c1-12(2,16(3)4)8-15-10-6-5-9(7-14-10)11(13)17/h5-7H,8H2,1-4H3,(H2,13,17)(H,14,15). The zero-order valence-corrected chi connectivity index (χ0v) is 10.8. The van der Waals surface area contributed by atoms with Gasteiger partial charge in [-0.05, 0) is 40.1 Å². The summed E-state index contributed by atoms with van der Waals surface area (Å²) in [6.07, 6.45) is 1.48. The topological polar surface area (TPSA) is 71.2 Å². The van der Waals surface area contributed by atoms with Gasteiger partial charge in [0.15, 0.2) is 0 Å². The number of primary amides is 1. The number of anilines is 1. The van der Waals surface area contributed by atoms with E-state index in [1.807, 2.05) is 14.1 Å². The van der Waals surface area contributed by atoms with Crippen LogP contribution in [0.3, 0.4) is 0 Å². The Kier molecular flexibility index (Phi) is 4.07. The second kappa shape index (κ2) is 5.14. The number of hydrogen-bond acceptors (Lipinski definition) is 4. The van der Waals surface area contributed by atoms with Gasteiger partial charge < -0.3 is 16.0 Å². The largest absolute Gasteiger partial charge is 0.368 e. The van der Waals surface area contributed by atoms with Crippen LogP contribution in [-0.2, 0) is 0 Å². The molecular formula is C12H20N4O. The van der Waals surface area contributed by atoms with Crippen molar-refractivity contribution in [1.29, 1.82) is 0 Å². The quantitative estimate of drug-likeness (QED) is 0.798. The van der Waals surface area contributed by atoms with Gasteiger partial charge in [-0.3, -0.25) is 4.79 Å². The van der Waals surface area contributed by atoms with E-state index in [1.54, 1.807) is 12.1 Å². The highest BCUT2D eigenvalue weighted by Gasteiger charge is 2.19. The fraction of sp³-hybridized carbons (Fsp3) is 0.500. The number of nitrogens with one attached hydrogen (secondary N) is 1.